The van der Waals surface area contributed by atoms with Gasteiger partial charge in [0.15, 0.2) is 0 Å². The number of rotatable bonds is 7. The maximum atomic E-state index is 13.6. The van der Waals surface area contributed by atoms with E-state index in [-0.39, 0.29) is 11.9 Å². The molecular weight excluding hydrogens is 366 g/mol. The number of methoxy groups -OCH3 is 3. The van der Waals surface area contributed by atoms with Crippen molar-refractivity contribution in [2.45, 2.75) is 50.5 Å². The van der Waals surface area contributed by atoms with Gasteiger partial charge < -0.3 is 19.5 Å². The van der Waals surface area contributed by atoms with Gasteiger partial charge in [-0.2, -0.15) is 0 Å². The van der Waals surface area contributed by atoms with Gasteiger partial charge in [0.1, 0.15) is 17.2 Å². The first-order chi connectivity index (χ1) is 14.0. The molecule has 2 aromatic rings. The number of carbonyl (C=O) groups excluding carboxylic acids is 1. The van der Waals surface area contributed by atoms with Crippen LogP contribution in [0.2, 0.25) is 0 Å². The van der Waals surface area contributed by atoms with Crippen LogP contribution in [0.5, 0.6) is 17.2 Å². The van der Waals surface area contributed by atoms with E-state index in [2.05, 4.69) is 5.32 Å². The molecule has 1 unspecified atom stereocenters. The van der Waals surface area contributed by atoms with Crippen molar-refractivity contribution in [3.8, 4) is 17.2 Å². The normalized spacial score (nSPS) is 16.6. The van der Waals surface area contributed by atoms with E-state index < -0.39 is 5.41 Å². The lowest BCUT2D eigenvalue weighted by atomic mass is 9.68. The summed E-state index contributed by atoms with van der Waals surface area (Å²) in [4.78, 5) is 13.6. The Kier molecular flexibility index (Phi) is 6.68. The van der Waals surface area contributed by atoms with Gasteiger partial charge in [-0.3, -0.25) is 4.79 Å². The van der Waals surface area contributed by atoms with Crippen molar-refractivity contribution in [2.75, 3.05) is 21.3 Å². The summed E-state index contributed by atoms with van der Waals surface area (Å²) in [6.45, 7) is 1.99. The van der Waals surface area contributed by atoms with Crippen LogP contribution in [0.1, 0.15) is 56.2 Å². The summed E-state index contributed by atoms with van der Waals surface area (Å²) in [7, 11) is 4.91. The molecule has 3 rings (SSSR count). The molecule has 0 radical (unpaired) electrons. The molecule has 0 aromatic heterocycles. The van der Waals surface area contributed by atoms with E-state index in [9.17, 15) is 4.79 Å². The van der Waals surface area contributed by atoms with Crippen molar-refractivity contribution < 1.29 is 19.0 Å². The van der Waals surface area contributed by atoms with E-state index >= 15 is 0 Å². The maximum Gasteiger partial charge on any atom is 0.231 e. The summed E-state index contributed by atoms with van der Waals surface area (Å²) in [6.07, 6.45) is 5.00. The predicted octanol–water partition coefficient (Wildman–Crippen LogP) is 4.79. The zero-order chi connectivity index (χ0) is 20.9. The zero-order valence-electron chi connectivity index (χ0n) is 17.8. The van der Waals surface area contributed by atoms with E-state index in [1.807, 2.05) is 49.4 Å². The Morgan fingerprint density at radius 1 is 0.897 bits per heavy atom. The highest BCUT2D eigenvalue weighted by molar-refractivity contribution is 5.88. The molecule has 2 aromatic carbocycles. The Hall–Kier alpha value is -2.69. The molecule has 0 spiro atoms. The van der Waals surface area contributed by atoms with Crippen molar-refractivity contribution in [3.63, 3.8) is 0 Å². The molecule has 0 saturated heterocycles. The minimum Gasteiger partial charge on any atom is -0.497 e. The summed E-state index contributed by atoms with van der Waals surface area (Å²) in [6, 6.07) is 13.4. The molecule has 0 aliphatic heterocycles. The highest BCUT2D eigenvalue weighted by Gasteiger charge is 2.41. The Morgan fingerprint density at radius 3 is 2.10 bits per heavy atom. The van der Waals surface area contributed by atoms with Crippen LogP contribution in [-0.4, -0.2) is 27.2 Å². The molecule has 1 fully saturated rings. The monoisotopic (exact) mass is 397 g/mol. The number of benzene rings is 2. The van der Waals surface area contributed by atoms with Crippen LogP contribution < -0.4 is 19.5 Å². The van der Waals surface area contributed by atoms with Gasteiger partial charge in [-0.15, -0.1) is 0 Å². The van der Waals surface area contributed by atoms with Crippen molar-refractivity contribution in [3.05, 3.63) is 53.6 Å². The SMILES string of the molecule is COc1ccc(C2(C(=O)NC(C)c3ccc(OC)cc3OC)CCCCC2)cc1. The summed E-state index contributed by atoms with van der Waals surface area (Å²) in [5.41, 5.74) is 1.49. The predicted molar refractivity (Wildman–Crippen MR) is 114 cm³/mol. The molecule has 1 aliphatic carbocycles. The molecule has 29 heavy (non-hydrogen) atoms. The Morgan fingerprint density at radius 2 is 1.52 bits per heavy atom. The highest BCUT2D eigenvalue weighted by Crippen LogP contribution is 2.41. The molecule has 0 heterocycles. The van der Waals surface area contributed by atoms with E-state index in [0.717, 1.165) is 48.3 Å². The van der Waals surface area contributed by atoms with Gasteiger partial charge in [-0.05, 0) is 49.6 Å². The second kappa shape index (κ2) is 9.21. The Balaban J connectivity index is 1.87. The number of carbonyl (C=O) groups is 1. The number of hydrogen-bond acceptors (Lipinski definition) is 4. The van der Waals surface area contributed by atoms with Crippen LogP contribution in [0.15, 0.2) is 42.5 Å². The fraction of sp³-hybridized carbons (Fsp3) is 0.458. The van der Waals surface area contributed by atoms with Crippen LogP contribution in [0, 0.1) is 0 Å². The van der Waals surface area contributed by atoms with Gasteiger partial charge >= 0.3 is 0 Å². The Bertz CT molecular complexity index is 825. The van der Waals surface area contributed by atoms with E-state index in [0.29, 0.717) is 5.75 Å². The van der Waals surface area contributed by atoms with Crippen molar-refractivity contribution >= 4 is 5.91 Å². The zero-order valence-corrected chi connectivity index (χ0v) is 17.8. The average Bonchev–Trinajstić information content (AvgIpc) is 2.78. The fourth-order valence-corrected chi connectivity index (χ4v) is 4.30. The van der Waals surface area contributed by atoms with E-state index in [4.69, 9.17) is 14.2 Å². The van der Waals surface area contributed by atoms with Gasteiger partial charge in [0.25, 0.3) is 0 Å². The fourth-order valence-electron chi connectivity index (χ4n) is 4.30. The molecule has 1 aliphatic rings. The molecule has 0 bridgehead atoms. The summed E-state index contributed by atoms with van der Waals surface area (Å²) in [5.74, 6) is 2.31. The van der Waals surface area contributed by atoms with E-state index in [1.165, 1.54) is 6.42 Å². The largest absolute Gasteiger partial charge is 0.497 e. The standard InChI is InChI=1S/C24H31NO4/c1-17(21-13-12-20(28-3)16-22(21)29-4)25-23(26)24(14-6-5-7-15-24)18-8-10-19(27-2)11-9-18/h8-13,16-17H,5-7,14-15H2,1-4H3,(H,25,26). The van der Waals surface area contributed by atoms with Crippen LogP contribution in [0.4, 0.5) is 0 Å². The van der Waals surface area contributed by atoms with Crippen molar-refractivity contribution in [1.82, 2.24) is 5.32 Å². The highest BCUT2D eigenvalue weighted by atomic mass is 16.5. The average molecular weight is 398 g/mol. The molecule has 5 nitrogen and oxygen atoms in total. The van der Waals surface area contributed by atoms with Gasteiger partial charge in [0.05, 0.1) is 32.8 Å². The first kappa shape index (κ1) is 21.0. The molecule has 1 amide bonds. The smallest absolute Gasteiger partial charge is 0.231 e. The Labute approximate surface area is 173 Å². The second-order valence-electron chi connectivity index (χ2n) is 7.67. The molecule has 1 saturated carbocycles. The van der Waals surface area contributed by atoms with Crippen molar-refractivity contribution in [1.29, 1.82) is 0 Å². The van der Waals surface area contributed by atoms with Crippen LogP contribution in [0.3, 0.4) is 0 Å². The number of hydrogen-bond donors (Lipinski definition) is 1. The quantitative estimate of drug-likeness (QED) is 0.730. The summed E-state index contributed by atoms with van der Waals surface area (Å²) in [5, 5.41) is 3.26. The lowest BCUT2D eigenvalue weighted by Gasteiger charge is -2.37. The summed E-state index contributed by atoms with van der Waals surface area (Å²) < 4.78 is 16.1. The molecule has 156 valence electrons. The minimum atomic E-state index is -0.502. The molecule has 1 atom stereocenters. The van der Waals surface area contributed by atoms with Crippen LogP contribution >= 0.6 is 0 Å². The second-order valence-corrected chi connectivity index (χ2v) is 7.67. The third kappa shape index (κ3) is 4.34. The first-order valence-corrected chi connectivity index (χ1v) is 10.2. The third-order valence-electron chi connectivity index (χ3n) is 6.04. The van der Waals surface area contributed by atoms with Gasteiger partial charge in [0.2, 0.25) is 5.91 Å². The molecule has 1 N–H and O–H groups in total. The van der Waals surface area contributed by atoms with Gasteiger partial charge in [0, 0.05) is 11.6 Å². The van der Waals surface area contributed by atoms with Crippen molar-refractivity contribution in [2.24, 2.45) is 0 Å². The van der Waals surface area contributed by atoms with Crippen LogP contribution in [-0.2, 0) is 10.2 Å². The number of nitrogens with one attached hydrogen (secondary N) is 1. The minimum absolute atomic E-state index is 0.0766. The van der Waals surface area contributed by atoms with E-state index in [1.54, 1.807) is 21.3 Å². The number of amides is 1. The third-order valence-corrected chi connectivity index (χ3v) is 6.04. The lowest BCUT2D eigenvalue weighted by molar-refractivity contribution is -0.128. The van der Waals surface area contributed by atoms with Crippen LogP contribution in [0.25, 0.3) is 0 Å². The summed E-state index contributed by atoms with van der Waals surface area (Å²) >= 11 is 0. The first-order valence-electron chi connectivity index (χ1n) is 10.2. The molecular formula is C24H31NO4. The maximum absolute atomic E-state index is 13.6. The van der Waals surface area contributed by atoms with Gasteiger partial charge in [-0.25, -0.2) is 0 Å². The topological polar surface area (TPSA) is 56.8 Å². The number of ether oxygens (including phenoxy) is 3. The lowest BCUT2D eigenvalue weighted by Crippen LogP contribution is -2.46. The van der Waals surface area contributed by atoms with Gasteiger partial charge in [-0.1, -0.05) is 31.4 Å². The molecule has 5 heteroatoms.